The zero-order chi connectivity index (χ0) is 14.5. The largest absolute Gasteiger partial charge is 0.378 e. The average molecular weight is 276 g/mol. The maximum Gasteiger partial charge on any atom is 0.237 e. The zero-order valence-corrected chi connectivity index (χ0v) is 11.7. The molecule has 1 fully saturated rings. The topological polar surface area (TPSA) is 72.6 Å². The Morgan fingerprint density at radius 2 is 2.05 bits per heavy atom. The quantitative estimate of drug-likeness (QED) is 0.800. The molecule has 1 atom stereocenters. The molecular weight excluding hydrogens is 256 g/mol. The van der Waals surface area contributed by atoms with Gasteiger partial charge in [-0.05, 0) is 12.0 Å². The van der Waals surface area contributed by atoms with Crippen molar-refractivity contribution < 1.29 is 14.3 Å². The molecule has 0 bridgehead atoms. The van der Waals surface area contributed by atoms with E-state index in [-0.39, 0.29) is 18.9 Å². The molecule has 5 nitrogen and oxygen atoms in total. The molecule has 5 heteroatoms. The Morgan fingerprint density at radius 1 is 1.35 bits per heavy atom. The summed E-state index contributed by atoms with van der Waals surface area (Å²) in [6, 6.07) is 7.07. The molecule has 0 radical (unpaired) electrons. The number of morpholine rings is 1. The van der Waals surface area contributed by atoms with E-state index in [1.165, 1.54) is 5.56 Å². The van der Waals surface area contributed by atoms with E-state index < -0.39 is 11.9 Å². The molecule has 0 spiro atoms. The van der Waals surface area contributed by atoms with Crippen LogP contribution in [0.4, 0.5) is 0 Å². The highest BCUT2D eigenvalue weighted by atomic mass is 16.5. The molecule has 2 N–H and O–H groups in total. The number of aryl methyl sites for hydroxylation is 1. The van der Waals surface area contributed by atoms with Crippen LogP contribution in [0.5, 0.6) is 0 Å². The Bertz CT molecular complexity index is 484. The molecule has 0 aliphatic carbocycles. The number of amides is 1. The average Bonchev–Trinajstić information content (AvgIpc) is 2.47. The van der Waals surface area contributed by atoms with Gasteiger partial charge >= 0.3 is 0 Å². The lowest BCUT2D eigenvalue weighted by Gasteiger charge is -2.32. The van der Waals surface area contributed by atoms with Gasteiger partial charge in [-0.3, -0.25) is 14.5 Å². The first kappa shape index (κ1) is 14.7. The molecule has 1 aromatic carbocycles. The van der Waals surface area contributed by atoms with E-state index in [4.69, 9.17) is 10.5 Å². The normalized spacial score (nSPS) is 19.8. The molecule has 1 amide bonds. The molecule has 0 saturated carbocycles. The van der Waals surface area contributed by atoms with Gasteiger partial charge in [-0.15, -0.1) is 0 Å². The number of hydrogen-bond acceptors (Lipinski definition) is 4. The van der Waals surface area contributed by atoms with Gasteiger partial charge in [-0.1, -0.05) is 31.2 Å². The number of primary amides is 1. The fourth-order valence-corrected chi connectivity index (χ4v) is 2.29. The Balaban J connectivity index is 2.03. The van der Waals surface area contributed by atoms with Crippen molar-refractivity contribution in [3.8, 4) is 0 Å². The number of hydrogen-bond donors (Lipinski definition) is 1. The first-order valence-electron chi connectivity index (χ1n) is 6.85. The van der Waals surface area contributed by atoms with Crippen LogP contribution in [-0.2, 0) is 16.0 Å². The number of ketones is 1. The molecule has 0 aromatic heterocycles. The van der Waals surface area contributed by atoms with Gasteiger partial charge in [0.05, 0.1) is 19.8 Å². The SMILES string of the molecule is CCc1ccc(C(=O)CN2CCOCC2C(N)=O)cc1. The number of benzene rings is 1. The van der Waals surface area contributed by atoms with Crippen LogP contribution in [0, 0.1) is 0 Å². The predicted molar refractivity (Wildman–Crippen MR) is 75.5 cm³/mol. The van der Waals surface area contributed by atoms with Crippen LogP contribution < -0.4 is 5.73 Å². The maximum atomic E-state index is 12.2. The van der Waals surface area contributed by atoms with Crippen molar-refractivity contribution in [3.05, 3.63) is 35.4 Å². The van der Waals surface area contributed by atoms with Crippen LogP contribution >= 0.6 is 0 Å². The molecule has 1 heterocycles. The van der Waals surface area contributed by atoms with Crippen LogP contribution in [0.25, 0.3) is 0 Å². The summed E-state index contributed by atoms with van der Waals surface area (Å²) in [6.07, 6.45) is 0.946. The number of carbonyl (C=O) groups excluding carboxylic acids is 2. The van der Waals surface area contributed by atoms with Gasteiger partial charge in [0, 0.05) is 12.1 Å². The smallest absolute Gasteiger partial charge is 0.237 e. The van der Waals surface area contributed by atoms with E-state index >= 15 is 0 Å². The van der Waals surface area contributed by atoms with Gasteiger partial charge in [0.1, 0.15) is 6.04 Å². The molecule has 1 aliphatic heterocycles. The number of carbonyl (C=O) groups is 2. The third-order valence-corrected chi connectivity index (χ3v) is 3.60. The van der Waals surface area contributed by atoms with E-state index in [1.807, 2.05) is 24.3 Å². The van der Waals surface area contributed by atoms with Crippen LogP contribution in [-0.4, -0.2) is 48.9 Å². The molecule has 1 aromatic rings. The second-order valence-corrected chi connectivity index (χ2v) is 4.94. The highest BCUT2D eigenvalue weighted by Crippen LogP contribution is 2.10. The lowest BCUT2D eigenvalue weighted by molar-refractivity contribution is -0.128. The molecule has 1 aliphatic rings. The lowest BCUT2D eigenvalue weighted by Crippen LogP contribution is -2.53. The van der Waals surface area contributed by atoms with Crippen molar-refractivity contribution in [1.29, 1.82) is 0 Å². The first-order chi connectivity index (χ1) is 9.61. The van der Waals surface area contributed by atoms with Gasteiger partial charge in [-0.2, -0.15) is 0 Å². The van der Waals surface area contributed by atoms with E-state index in [9.17, 15) is 9.59 Å². The van der Waals surface area contributed by atoms with Crippen LogP contribution in [0.3, 0.4) is 0 Å². The molecule has 20 heavy (non-hydrogen) atoms. The van der Waals surface area contributed by atoms with E-state index in [1.54, 1.807) is 4.90 Å². The van der Waals surface area contributed by atoms with Crippen molar-refractivity contribution >= 4 is 11.7 Å². The number of nitrogens with two attached hydrogens (primary N) is 1. The van der Waals surface area contributed by atoms with Gasteiger partial charge in [0.2, 0.25) is 5.91 Å². The van der Waals surface area contributed by atoms with Crippen molar-refractivity contribution in [3.63, 3.8) is 0 Å². The van der Waals surface area contributed by atoms with E-state index in [0.717, 1.165) is 6.42 Å². The second-order valence-electron chi connectivity index (χ2n) is 4.94. The standard InChI is InChI=1S/C15H20N2O3/c1-2-11-3-5-12(6-4-11)14(18)9-17-7-8-20-10-13(17)15(16)19/h3-6,13H,2,7-10H2,1H3,(H2,16,19). The number of Topliss-reactive ketones (excluding diaryl/α,β-unsaturated/α-hetero) is 1. The Labute approximate surface area is 118 Å². The monoisotopic (exact) mass is 276 g/mol. The third kappa shape index (κ3) is 3.43. The van der Waals surface area contributed by atoms with Crippen molar-refractivity contribution in [2.75, 3.05) is 26.3 Å². The minimum atomic E-state index is -0.511. The molecular formula is C15H20N2O3. The summed E-state index contributed by atoms with van der Waals surface area (Å²) >= 11 is 0. The van der Waals surface area contributed by atoms with Crippen molar-refractivity contribution in [2.45, 2.75) is 19.4 Å². The molecule has 1 unspecified atom stereocenters. The summed E-state index contributed by atoms with van der Waals surface area (Å²) in [4.78, 5) is 25.4. The Hall–Kier alpha value is -1.72. The fraction of sp³-hybridized carbons (Fsp3) is 0.467. The minimum absolute atomic E-state index is 0.000744. The summed E-state index contributed by atoms with van der Waals surface area (Å²) in [7, 11) is 0. The zero-order valence-electron chi connectivity index (χ0n) is 11.7. The molecule has 2 rings (SSSR count). The minimum Gasteiger partial charge on any atom is -0.378 e. The van der Waals surface area contributed by atoms with Crippen LogP contribution in [0.15, 0.2) is 24.3 Å². The Morgan fingerprint density at radius 3 is 2.65 bits per heavy atom. The highest BCUT2D eigenvalue weighted by Gasteiger charge is 2.29. The van der Waals surface area contributed by atoms with Gasteiger partial charge in [0.25, 0.3) is 0 Å². The second kappa shape index (κ2) is 6.63. The van der Waals surface area contributed by atoms with E-state index in [0.29, 0.717) is 18.7 Å². The number of ether oxygens (including phenoxy) is 1. The van der Waals surface area contributed by atoms with Crippen LogP contribution in [0.1, 0.15) is 22.8 Å². The summed E-state index contributed by atoms with van der Waals surface area (Å²) < 4.78 is 5.24. The van der Waals surface area contributed by atoms with Gasteiger partial charge in [0.15, 0.2) is 5.78 Å². The summed E-state index contributed by atoms with van der Waals surface area (Å²) in [5.41, 5.74) is 7.20. The highest BCUT2D eigenvalue weighted by molar-refractivity contribution is 5.98. The number of nitrogens with zero attached hydrogens (tertiary/aromatic N) is 1. The van der Waals surface area contributed by atoms with Crippen molar-refractivity contribution in [1.82, 2.24) is 4.90 Å². The summed E-state index contributed by atoms with van der Waals surface area (Å²) in [5.74, 6) is -0.445. The molecule has 108 valence electrons. The molecule has 1 saturated heterocycles. The predicted octanol–water partition coefficient (Wildman–Crippen LogP) is 0.618. The first-order valence-corrected chi connectivity index (χ1v) is 6.85. The summed E-state index contributed by atoms with van der Waals surface area (Å²) in [6.45, 7) is 3.60. The van der Waals surface area contributed by atoms with E-state index in [2.05, 4.69) is 6.92 Å². The van der Waals surface area contributed by atoms with Crippen LogP contribution in [0.2, 0.25) is 0 Å². The van der Waals surface area contributed by atoms with Gasteiger partial charge in [-0.25, -0.2) is 0 Å². The fourth-order valence-electron chi connectivity index (χ4n) is 2.29. The van der Waals surface area contributed by atoms with Crippen molar-refractivity contribution in [2.24, 2.45) is 5.73 Å². The number of rotatable bonds is 5. The Kier molecular flexibility index (Phi) is 4.87. The third-order valence-electron chi connectivity index (χ3n) is 3.60. The summed E-state index contributed by atoms with van der Waals surface area (Å²) in [5, 5.41) is 0. The van der Waals surface area contributed by atoms with Gasteiger partial charge < -0.3 is 10.5 Å². The maximum absolute atomic E-state index is 12.2. The lowest BCUT2D eigenvalue weighted by atomic mass is 10.1.